The third-order valence-electron chi connectivity index (χ3n) is 2.68. The summed E-state index contributed by atoms with van der Waals surface area (Å²) in [5.74, 6) is 0. The standard InChI is InChI=1S/C14H17N3O2S/c1-2-16-20(18,19)14-9-4-3-8-13(14)17-12-7-5-6-11(15)10-12/h3-10,16-17H,2,15H2,1H3. The second-order valence-electron chi connectivity index (χ2n) is 4.25. The molecule has 0 saturated carbocycles. The summed E-state index contributed by atoms with van der Waals surface area (Å²) in [4.78, 5) is 0.212. The van der Waals surface area contributed by atoms with Gasteiger partial charge in [-0.2, -0.15) is 0 Å². The van der Waals surface area contributed by atoms with Crippen molar-refractivity contribution in [1.82, 2.24) is 4.72 Å². The predicted molar refractivity (Wildman–Crippen MR) is 81.4 cm³/mol. The third-order valence-corrected chi connectivity index (χ3v) is 4.28. The van der Waals surface area contributed by atoms with Crippen LogP contribution >= 0.6 is 0 Å². The van der Waals surface area contributed by atoms with Crippen molar-refractivity contribution < 1.29 is 8.42 Å². The predicted octanol–water partition coefficient (Wildman–Crippen LogP) is 2.31. The lowest BCUT2D eigenvalue weighted by Crippen LogP contribution is -2.23. The molecule has 0 bridgehead atoms. The molecule has 0 aliphatic heterocycles. The highest BCUT2D eigenvalue weighted by Crippen LogP contribution is 2.25. The van der Waals surface area contributed by atoms with Crippen LogP contribution < -0.4 is 15.8 Å². The number of benzene rings is 2. The van der Waals surface area contributed by atoms with E-state index in [1.165, 1.54) is 0 Å². The molecular weight excluding hydrogens is 274 g/mol. The zero-order valence-corrected chi connectivity index (χ0v) is 11.9. The molecular formula is C14H17N3O2S. The molecule has 2 aromatic rings. The molecule has 2 rings (SSSR count). The maximum absolute atomic E-state index is 12.1. The normalized spacial score (nSPS) is 11.2. The van der Waals surface area contributed by atoms with E-state index < -0.39 is 10.0 Å². The van der Waals surface area contributed by atoms with Crippen molar-refractivity contribution in [1.29, 1.82) is 0 Å². The number of sulfonamides is 1. The van der Waals surface area contributed by atoms with Gasteiger partial charge < -0.3 is 11.1 Å². The Labute approximate surface area is 118 Å². The van der Waals surface area contributed by atoms with Gasteiger partial charge in [-0.1, -0.05) is 25.1 Å². The summed E-state index contributed by atoms with van der Waals surface area (Å²) >= 11 is 0. The maximum Gasteiger partial charge on any atom is 0.242 e. The van der Waals surface area contributed by atoms with E-state index in [0.29, 0.717) is 17.9 Å². The summed E-state index contributed by atoms with van der Waals surface area (Å²) in [6.45, 7) is 2.08. The first-order valence-electron chi connectivity index (χ1n) is 6.24. The van der Waals surface area contributed by atoms with Gasteiger partial charge in [0, 0.05) is 17.9 Å². The number of nitrogens with two attached hydrogens (primary N) is 1. The van der Waals surface area contributed by atoms with Crippen LogP contribution in [0.4, 0.5) is 17.1 Å². The molecule has 0 atom stereocenters. The SMILES string of the molecule is CCNS(=O)(=O)c1ccccc1Nc1cccc(N)c1. The fourth-order valence-corrected chi connectivity index (χ4v) is 3.05. The second-order valence-corrected chi connectivity index (χ2v) is 5.98. The van der Waals surface area contributed by atoms with E-state index in [2.05, 4.69) is 10.0 Å². The van der Waals surface area contributed by atoms with Crippen LogP contribution in [-0.2, 0) is 10.0 Å². The van der Waals surface area contributed by atoms with Crippen LogP contribution in [0.25, 0.3) is 0 Å². The van der Waals surface area contributed by atoms with Gasteiger partial charge in [-0.05, 0) is 30.3 Å². The van der Waals surface area contributed by atoms with Crippen LogP contribution in [0.1, 0.15) is 6.92 Å². The van der Waals surface area contributed by atoms with E-state index in [1.54, 1.807) is 49.4 Å². The zero-order valence-electron chi connectivity index (χ0n) is 11.1. The fraction of sp³-hybridized carbons (Fsp3) is 0.143. The number of para-hydroxylation sites is 1. The number of nitrogen functional groups attached to an aromatic ring is 1. The van der Waals surface area contributed by atoms with Crippen LogP contribution in [0.15, 0.2) is 53.4 Å². The smallest absolute Gasteiger partial charge is 0.242 e. The first kappa shape index (κ1) is 14.4. The molecule has 2 aromatic carbocycles. The molecule has 4 N–H and O–H groups in total. The minimum Gasteiger partial charge on any atom is -0.399 e. The highest BCUT2D eigenvalue weighted by molar-refractivity contribution is 7.89. The van der Waals surface area contributed by atoms with Crippen LogP contribution in [0.3, 0.4) is 0 Å². The van der Waals surface area contributed by atoms with Crippen molar-refractivity contribution >= 4 is 27.1 Å². The van der Waals surface area contributed by atoms with Gasteiger partial charge in [-0.15, -0.1) is 0 Å². The molecule has 5 nitrogen and oxygen atoms in total. The topological polar surface area (TPSA) is 84.2 Å². The Balaban J connectivity index is 2.38. The molecule has 106 valence electrons. The lowest BCUT2D eigenvalue weighted by molar-refractivity contribution is 0.584. The second kappa shape index (κ2) is 5.94. The van der Waals surface area contributed by atoms with Gasteiger partial charge >= 0.3 is 0 Å². The summed E-state index contributed by atoms with van der Waals surface area (Å²) in [5.41, 5.74) is 7.58. The molecule has 0 aromatic heterocycles. The van der Waals surface area contributed by atoms with Gasteiger partial charge in [0.15, 0.2) is 0 Å². The number of anilines is 3. The molecule has 0 saturated heterocycles. The van der Waals surface area contributed by atoms with Crippen molar-refractivity contribution in [2.24, 2.45) is 0 Å². The van der Waals surface area contributed by atoms with E-state index in [9.17, 15) is 8.42 Å². The Morgan fingerprint density at radius 3 is 2.55 bits per heavy atom. The molecule has 0 spiro atoms. The van der Waals surface area contributed by atoms with Gasteiger partial charge in [-0.25, -0.2) is 13.1 Å². The Morgan fingerprint density at radius 2 is 1.85 bits per heavy atom. The Morgan fingerprint density at radius 1 is 1.10 bits per heavy atom. The monoisotopic (exact) mass is 291 g/mol. The van der Waals surface area contributed by atoms with Gasteiger partial charge in [0.05, 0.1) is 5.69 Å². The first-order chi connectivity index (χ1) is 9.53. The minimum atomic E-state index is -3.51. The van der Waals surface area contributed by atoms with Crippen molar-refractivity contribution in [3.05, 3.63) is 48.5 Å². The zero-order chi connectivity index (χ0) is 14.6. The lowest BCUT2D eigenvalue weighted by atomic mass is 10.2. The van der Waals surface area contributed by atoms with Crippen molar-refractivity contribution in [3.63, 3.8) is 0 Å². The fourth-order valence-electron chi connectivity index (χ4n) is 1.84. The highest BCUT2D eigenvalue weighted by Gasteiger charge is 2.16. The molecule has 0 unspecified atom stereocenters. The minimum absolute atomic E-state index is 0.212. The number of nitrogens with one attached hydrogen (secondary N) is 2. The average Bonchev–Trinajstić information content (AvgIpc) is 2.39. The van der Waals surface area contributed by atoms with Crippen molar-refractivity contribution in [2.45, 2.75) is 11.8 Å². The van der Waals surface area contributed by atoms with Crippen LogP contribution in [0.5, 0.6) is 0 Å². The average molecular weight is 291 g/mol. The summed E-state index contributed by atoms with van der Waals surface area (Å²) in [5, 5.41) is 3.08. The van der Waals surface area contributed by atoms with Gasteiger partial charge in [-0.3, -0.25) is 0 Å². The quantitative estimate of drug-likeness (QED) is 0.738. The Hall–Kier alpha value is -2.05. The number of hydrogen-bond acceptors (Lipinski definition) is 4. The molecule has 6 heteroatoms. The van der Waals surface area contributed by atoms with Crippen molar-refractivity contribution in [3.8, 4) is 0 Å². The highest BCUT2D eigenvalue weighted by atomic mass is 32.2. The molecule has 0 fully saturated rings. The van der Waals surface area contributed by atoms with Crippen LogP contribution in [0, 0.1) is 0 Å². The van der Waals surface area contributed by atoms with Gasteiger partial charge in [0.2, 0.25) is 10.0 Å². The molecule has 0 amide bonds. The Kier molecular flexibility index (Phi) is 4.26. The summed E-state index contributed by atoms with van der Waals surface area (Å²) < 4.78 is 26.8. The molecule has 0 heterocycles. The molecule has 0 radical (unpaired) electrons. The van der Waals surface area contributed by atoms with E-state index in [-0.39, 0.29) is 4.90 Å². The summed E-state index contributed by atoms with van der Waals surface area (Å²) in [6, 6.07) is 13.9. The van der Waals surface area contributed by atoms with Gasteiger partial charge in [0.1, 0.15) is 4.90 Å². The van der Waals surface area contributed by atoms with E-state index in [4.69, 9.17) is 5.73 Å². The Bertz CT molecular complexity index is 699. The molecule has 0 aliphatic carbocycles. The van der Waals surface area contributed by atoms with E-state index in [0.717, 1.165) is 5.69 Å². The van der Waals surface area contributed by atoms with Gasteiger partial charge in [0.25, 0.3) is 0 Å². The maximum atomic E-state index is 12.1. The van der Waals surface area contributed by atoms with E-state index >= 15 is 0 Å². The number of hydrogen-bond donors (Lipinski definition) is 3. The first-order valence-corrected chi connectivity index (χ1v) is 7.72. The molecule has 20 heavy (non-hydrogen) atoms. The third kappa shape index (κ3) is 3.28. The van der Waals surface area contributed by atoms with E-state index in [1.807, 2.05) is 6.07 Å². The largest absolute Gasteiger partial charge is 0.399 e. The van der Waals surface area contributed by atoms with Crippen molar-refractivity contribution in [2.75, 3.05) is 17.6 Å². The number of rotatable bonds is 5. The summed E-state index contributed by atoms with van der Waals surface area (Å²) in [6.07, 6.45) is 0. The molecule has 0 aliphatic rings. The van der Waals surface area contributed by atoms with Crippen LogP contribution in [-0.4, -0.2) is 15.0 Å². The van der Waals surface area contributed by atoms with Crippen LogP contribution in [0.2, 0.25) is 0 Å². The summed E-state index contributed by atoms with van der Waals surface area (Å²) in [7, 11) is -3.51. The lowest BCUT2D eigenvalue weighted by Gasteiger charge is -2.13.